The number of hydrogen-bond acceptors (Lipinski definition) is 2. The summed E-state index contributed by atoms with van der Waals surface area (Å²) in [4.78, 5) is 2.50. The van der Waals surface area contributed by atoms with E-state index >= 15 is 0 Å². The highest BCUT2D eigenvalue weighted by molar-refractivity contribution is 6.07. The molecule has 0 radical (unpaired) electrons. The average molecular weight is 752 g/mol. The van der Waals surface area contributed by atoms with E-state index in [1.165, 1.54) is 76.3 Å². The fourth-order valence-corrected chi connectivity index (χ4v) is 9.45. The van der Waals surface area contributed by atoms with Crippen LogP contribution in [-0.4, -0.2) is 0 Å². The Balaban J connectivity index is 1.19. The molecule has 0 N–H and O–H groups in total. The van der Waals surface area contributed by atoms with E-state index in [-0.39, 0.29) is 5.41 Å². The van der Waals surface area contributed by atoms with Crippen LogP contribution < -0.4 is 4.90 Å². The molecule has 1 heterocycles. The SMILES string of the molecule is CC(C)(C)c1ccc(-c2ccccc2N(c2cccc(-c3ccc4oc5ccccc5c4c3)c2)c2ccccc2-c2cccc3cccc(C4CCCCC4)c23)cc1. The molecule has 0 bridgehead atoms. The van der Waals surface area contributed by atoms with Gasteiger partial charge in [0.15, 0.2) is 0 Å². The van der Waals surface area contributed by atoms with Crippen LogP contribution in [0.4, 0.5) is 17.1 Å². The van der Waals surface area contributed by atoms with Gasteiger partial charge in [-0.2, -0.15) is 0 Å². The van der Waals surface area contributed by atoms with E-state index in [9.17, 15) is 0 Å². The molecule has 0 aliphatic heterocycles. The van der Waals surface area contributed by atoms with Crippen LogP contribution in [0.25, 0.3) is 66.1 Å². The van der Waals surface area contributed by atoms with Crippen molar-refractivity contribution in [3.8, 4) is 33.4 Å². The van der Waals surface area contributed by atoms with Crippen molar-refractivity contribution < 1.29 is 4.42 Å². The van der Waals surface area contributed by atoms with Gasteiger partial charge < -0.3 is 9.32 Å². The molecule has 1 aromatic heterocycles. The van der Waals surface area contributed by atoms with Crippen molar-refractivity contribution in [2.45, 2.75) is 64.2 Å². The van der Waals surface area contributed by atoms with Crippen molar-refractivity contribution in [2.75, 3.05) is 4.90 Å². The second-order valence-electron chi connectivity index (χ2n) is 17.1. The number of benzene rings is 8. The lowest BCUT2D eigenvalue weighted by Gasteiger charge is -2.31. The van der Waals surface area contributed by atoms with Crippen molar-refractivity contribution in [1.82, 2.24) is 0 Å². The van der Waals surface area contributed by atoms with Gasteiger partial charge >= 0.3 is 0 Å². The molecule has 0 amide bonds. The standard InChI is InChI=1S/C56H49NO/c1-56(2,3)43-33-30-39(31-34-43)45-22-7-10-27-51(45)57(44-21-13-20-41(36-44)42-32-35-54-50(37-42)48-24-9-12-29-53(48)58-54)52-28-11-8-23-47(52)49-26-15-19-40-18-14-25-46(55(40)49)38-16-5-4-6-17-38/h7-15,18-38H,4-6,16-17H2,1-3H3. The summed E-state index contributed by atoms with van der Waals surface area (Å²) >= 11 is 0. The van der Waals surface area contributed by atoms with E-state index in [1.807, 2.05) is 12.1 Å². The number of hydrogen-bond donors (Lipinski definition) is 0. The van der Waals surface area contributed by atoms with Crippen LogP contribution in [0.15, 0.2) is 180 Å². The zero-order valence-corrected chi connectivity index (χ0v) is 33.7. The minimum Gasteiger partial charge on any atom is -0.456 e. The van der Waals surface area contributed by atoms with E-state index in [1.54, 1.807) is 0 Å². The van der Waals surface area contributed by atoms with Crippen LogP contribution >= 0.6 is 0 Å². The van der Waals surface area contributed by atoms with Crippen molar-refractivity contribution in [2.24, 2.45) is 0 Å². The highest BCUT2D eigenvalue weighted by atomic mass is 16.3. The first-order valence-corrected chi connectivity index (χ1v) is 21.0. The highest BCUT2D eigenvalue weighted by Crippen LogP contribution is 2.48. The largest absolute Gasteiger partial charge is 0.456 e. The highest BCUT2D eigenvalue weighted by Gasteiger charge is 2.24. The Morgan fingerprint density at radius 2 is 1.10 bits per heavy atom. The predicted octanol–water partition coefficient (Wildman–Crippen LogP) is 16.6. The maximum absolute atomic E-state index is 6.23. The van der Waals surface area contributed by atoms with Crippen LogP contribution in [-0.2, 0) is 5.41 Å². The monoisotopic (exact) mass is 751 g/mol. The van der Waals surface area contributed by atoms with Crippen molar-refractivity contribution in [3.63, 3.8) is 0 Å². The number of furan rings is 1. The summed E-state index contributed by atoms with van der Waals surface area (Å²) < 4.78 is 6.23. The Bertz CT molecular complexity index is 2910. The quantitative estimate of drug-likeness (QED) is 0.161. The second kappa shape index (κ2) is 14.8. The molecule has 0 saturated heterocycles. The topological polar surface area (TPSA) is 16.4 Å². The average Bonchev–Trinajstić information content (AvgIpc) is 3.65. The molecule has 2 nitrogen and oxygen atoms in total. The molecule has 1 aliphatic rings. The van der Waals surface area contributed by atoms with Gasteiger partial charge in [-0.15, -0.1) is 0 Å². The molecule has 2 heteroatoms. The van der Waals surface area contributed by atoms with E-state index in [4.69, 9.17) is 4.42 Å². The molecule has 0 atom stereocenters. The molecule has 1 saturated carbocycles. The van der Waals surface area contributed by atoms with Crippen molar-refractivity contribution in [1.29, 1.82) is 0 Å². The Morgan fingerprint density at radius 1 is 0.483 bits per heavy atom. The Labute approximate surface area is 342 Å². The molecule has 0 spiro atoms. The van der Waals surface area contributed by atoms with Gasteiger partial charge in [0.1, 0.15) is 11.2 Å². The van der Waals surface area contributed by atoms with Gasteiger partial charge in [0.05, 0.1) is 11.4 Å². The third-order valence-electron chi connectivity index (χ3n) is 12.4. The first-order chi connectivity index (χ1) is 28.4. The third kappa shape index (κ3) is 6.57. The van der Waals surface area contributed by atoms with Crippen molar-refractivity contribution >= 4 is 49.8 Å². The van der Waals surface area contributed by atoms with E-state index in [2.05, 4.69) is 189 Å². The van der Waals surface area contributed by atoms with E-state index < -0.39 is 0 Å². The lowest BCUT2D eigenvalue weighted by molar-refractivity contribution is 0.445. The fraction of sp³-hybridized carbons (Fsp3) is 0.179. The maximum Gasteiger partial charge on any atom is 0.135 e. The Kier molecular flexibility index (Phi) is 9.21. The molecule has 284 valence electrons. The molecule has 0 unspecified atom stereocenters. The van der Waals surface area contributed by atoms with Gasteiger partial charge in [0.25, 0.3) is 0 Å². The van der Waals surface area contributed by atoms with Crippen LogP contribution in [0.5, 0.6) is 0 Å². The summed E-state index contributed by atoms with van der Waals surface area (Å²) in [6.07, 6.45) is 6.48. The van der Waals surface area contributed by atoms with Crippen LogP contribution in [0, 0.1) is 0 Å². The van der Waals surface area contributed by atoms with E-state index in [0.717, 1.165) is 50.1 Å². The van der Waals surface area contributed by atoms with Crippen LogP contribution in [0.3, 0.4) is 0 Å². The van der Waals surface area contributed by atoms with Crippen LogP contribution in [0.2, 0.25) is 0 Å². The second-order valence-corrected chi connectivity index (χ2v) is 17.1. The molecular formula is C56H49NO. The summed E-state index contributed by atoms with van der Waals surface area (Å²) in [7, 11) is 0. The predicted molar refractivity (Wildman–Crippen MR) is 247 cm³/mol. The molecule has 1 aliphatic carbocycles. The first kappa shape index (κ1) is 36.0. The maximum atomic E-state index is 6.23. The van der Waals surface area contributed by atoms with Gasteiger partial charge in [-0.1, -0.05) is 173 Å². The first-order valence-electron chi connectivity index (χ1n) is 21.0. The number of rotatable bonds is 7. The minimum atomic E-state index is 0.0736. The third-order valence-corrected chi connectivity index (χ3v) is 12.4. The van der Waals surface area contributed by atoms with Gasteiger partial charge in [0, 0.05) is 27.6 Å². The minimum absolute atomic E-state index is 0.0736. The fourth-order valence-electron chi connectivity index (χ4n) is 9.45. The molecule has 1 fully saturated rings. The molecule has 8 aromatic carbocycles. The summed E-state index contributed by atoms with van der Waals surface area (Å²) in [5.74, 6) is 0.583. The Hall–Kier alpha value is -6.38. The molecule has 10 rings (SSSR count). The van der Waals surface area contributed by atoms with E-state index in [0.29, 0.717) is 5.92 Å². The van der Waals surface area contributed by atoms with Gasteiger partial charge in [0.2, 0.25) is 0 Å². The van der Waals surface area contributed by atoms with Gasteiger partial charge in [-0.25, -0.2) is 0 Å². The summed E-state index contributed by atoms with van der Waals surface area (Å²) in [5.41, 5.74) is 15.3. The summed E-state index contributed by atoms with van der Waals surface area (Å²) in [5, 5.41) is 4.98. The van der Waals surface area contributed by atoms with Gasteiger partial charge in [-0.05, 0) is 111 Å². The number of para-hydroxylation sites is 3. The normalized spacial score (nSPS) is 13.7. The summed E-state index contributed by atoms with van der Waals surface area (Å²) in [6, 6.07) is 65.0. The molecule has 58 heavy (non-hydrogen) atoms. The van der Waals surface area contributed by atoms with Gasteiger partial charge in [-0.3, -0.25) is 0 Å². The lowest BCUT2D eigenvalue weighted by atomic mass is 9.80. The zero-order valence-electron chi connectivity index (χ0n) is 33.7. The molecular weight excluding hydrogens is 703 g/mol. The number of fused-ring (bicyclic) bond motifs is 4. The number of nitrogens with zero attached hydrogens (tertiary/aromatic N) is 1. The summed E-state index contributed by atoms with van der Waals surface area (Å²) in [6.45, 7) is 6.84. The van der Waals surface area contributed by atoms with Crippen molar-refractivity contribution in [3.05, 3.63) is 187 Å². The van der Waals surface area contributed by atoms with Crippen LogP contribution in [0.1, 0.15) is 69.9 Å². The smallest absolute Gasteiger partial charge is 0.135 e. The lowest BCUT2D eigenvalue weighted by Crippen LogP contribution is -2.13. The Morgan fingerprint density at radius 3 is 1.90 bits per heavy atom. The molecule has 9 aromatic rings. The number of anilines is 3. The zero-order chi connectivity index (χ0) is 39.2.